The number of imidazole rings is 1. The highest BCUT2D eigenvalue weighted by atomic mass is 16.6. The first-order valence-corrected chi connectivity index (χ1v) is 21.2. The van der Waals surface area contributed by atoms with E-state index in [0.29, 0.717) is 77.2 Å². The molecular formula is C45H56N14O6. The van der Waals surface area contributed by atoms with E-state index >= 15 is 0 Å². The molecule has 5 N–H and O–H groups in total. The number of aromatic nitrogens is 7. The molecule has 6 rings (SSSR count). The molecule has 0 unspecified atom stereocenters. The van der Waals surface area contributed by atoms with E-state index in [2.05, 4.69) is 32.1 Å². The third kappa shape index (κ3) is 11.1. The predicted octanol–water partition coefficient (Wildman–Crippen LogP) is 5.17. The van der Waals surface area contributed by atoms with E-state index in [0.717, 1.165) is 5.69 Å². The van der Waals surface area contributed by atoms with E-state index in [1.165, 1.54) is 17.0 Å². The number of hydrogen-bond donors (Lipinski definition) is 3. The average Bonchev–Trinajstić information content (AvgIpc) is 3.95. The van der Waals surface area contributed by atoms with Crippen molar-refractivity contribution in [3.05, 3.63) is 101 Å². The molecule has 0 radical (unpaired) electrons. The second kappa shape index (κ2) is 19.8. The van der Waals surface area contributed by atoms with Gasteiger partial charge in [-0.3, -0.25) is 29.1 Å². The normalized spacial score (nSPS) is 13.8. The number of anilines is 2. The summed E-state index contributed by atoms with van der Waals surface area (Å²) < 4.78 is 17.0. The first-order chi connectivity index (χ1) is 30.9. The fraction of sp³-hybridized carbons (Fsp3) is 0.378. The number of allylic oxidation sites excluding steroid dienone is 1. The van der Waals surface area contributed by atoms with Gasteiger partial charge in [-0.15, -0.1) is 0 Å². The Bertz CT molecular complexity index is 2730. The summed E-state index contributed by atoms with van der Waals surface area (Å²) in [6.45, 7) is 19.2. The Hall–Kier alpha value is -7.64. The van der Waals surface area contributed by atoms with Gasteiger partial charge in [-0.2, -0.15) is 10.2 Å². The van der Waals surface area contributed by atoms with Gasteiger partial charge in [-0.25, -0.2) is 24.7 Å². The van der Waals surface area contributed by atoms with Crippen molar-refractivity contribution in [2.45, 2.75) is 86.5 Å². The number of nitrogens with zero attached hydrogens (tertiary/aromatic N) is 11. The fourth-order valence-corrected chi connectivity index (χ4v) is 7.06. The molecule has 4 amide bonds. The second-order valence-corrected chi connectivity index (χ2v) is 16.3. The number of fused-ring (bicyclic) bond motifs is 2. The lowest BCUT2D eigenvalue weighted by molar-refractivity contribution is 0.0291. The Balaban J connectivity index is 1.36. The number of nitrogens with one attached hydrogen (secondary N) is 1. The molecule has 1 aromatic carbocycles. The number of primary amides is 2. The van der Waals surface area contributed by atoms with Crippen LogP contribution in [0.5, 0.6) is 5.75 Å². The Morgan fingerprint density at radius 1 is 0.938 bits per heavy atom. The van der Waals surface area contributed by atoms with Crippen molar-refractivity contribution in [3.8, 4) is 5.75 Å². The smallest absolute Gasteiger partial charge is 0.410 e. The molecule has 20 nitrogen and oxygen atoms in total. The number of benzene rings is 1. The molecule has 342 valence electrons. The summed E-state index contributed by atoms with van der Waals surface area (Å²) in [5, 5.41) is 12.0. The number of aryl methyl sites for hydroxylation is 4. The van der Waals surface area contributed by atoms with E-state index < -0.39 is 29.4 Å². The summed E-state index contributed by atoms with van der Waals surface area (Å²) in [6, 6.07) is 9.97. The molecule has 0 saturated carbocycles. The van der Waals surface area contributed by atoms with Gasteiger partial charge >= 0.3 is 6.09 Å². The quantitative estimate of drug-likeness (QED) is 0.0861. The van der Waals surface area contributed by atoms with Gasteiger partial charge in [0, 0.05) is 58.0 Å². The summed E-state index contributed by atoms with van der Waals surface area (Å²) in [4.78, 5) is 73.5. The van der Waals surface area contributed by atoms with Crippen LogP contribution in [0.4, 0.5) is 16.4 Å². The zero-order valence-corrected chi connectivity index (χ0v) is 38.1. The molecule has 1 aliphatic heterocycles. The number of amides is 4. The fourth-order valence-electron chi connectivity index (χ4n) is 7.06. The molecule has 0 bridgehead atoms. The van der Waals surface area contributed by atoms with E-state index in [1.54, 1.807) is 68.4 Å². The minimum Gasteiger partial charge on any atom is -0.491 e. The van der Waals surface area contributed by atoms with Gasteiger partial charge in [0.15, 0.2) is 5.84 Å². The van der Waals surface area contributed by atoms with Gasteiger partial charge in [0.05, 0.1) is 34.9 Å². The molecule has 5 aromatic rings. The van der Waals surface area contributed by atoms with Crippen molar-refractivity contribution in [2.75, 3.05) is 37.0 Å². The van der Waals surface area contributed by atoms with E-state index in [9.17, 15) is 19.2 Å². The Kier molecular flexibility index (Phi) is 14.3. The molecule has 0 aliphatic carbocycles. The molecule has 1 aliphatic rings. The average molecular weight is 889 g/mol. The summed E-state index contributed by atoms with van der Waals surface area (Å²) in [5.41, 5.74) is 15.5. The van der Waals surface area contributed by atoms with Crippen molar-refractivity contribution >= 4 is 58.5 Å². The topological polar surface area (TPSA) is 248 Å². The first-order valence-electron chi connectivity index (χ1n) is 21.2. The van der Waals surface area contributed by atoms with Gasteiger partial charge < -0.3 is 35.3 Å². The first kappa shape index (κ1) is 46.9. The number of nitrogens with two attached hydrogens (primary N) is 2. The molecule has 0 spiro atoms. The highest BCUT2D eigenvalue weighted by molar-refractivity contribution is 6.05. The van der Waals surface area contributed by atoms with Crippen LogP contribution in [-0.2, 0) is 30.8 Å². The lowest BCUT2D eigenvalue weighted by Gasteiger charge is -2.25. The largest absolute Gasteiger partial charge is 0.491 e. The van der Waals surface area contributed by atoms with Gasteiger partial charge in [0.1, 0.15) is 39.8 Å². The highest BCUT2D eigenvalue weighted by Gasteiger charge is 2.24. The van der Waals surface area contributed by atoms with Crippen LogP contribution in [0.1, 0.15) is 95.2 Å². The minimum absolute atomic E-state index is 0.101. The Morgan fingerprint density at radius 3 is 2.34 bits per heavy atom. The molecule has 65 heavy (non-hydrogen) atoms. The number of carbonyl (C=O) groups is 4. The SMILES string of the molecule is C=C1/N=C(/c2cc(C)nn2CC)N=CCc2nc(C(N)=O)ccc2N1C/C=C/Cn1c(NC(=O)c2cc(C)nn2CC)nc2cc(C(N)=O)cc(OCCCN(C)C(=O)OC(C)(C)C)c21. The van der Waals surface area contributed by atoms with Crippen molar-refractivity contribution < 1.29 is 28.7 Å². The molecular weight excluding hydrogens is 833 g/mol. The number of rotatable bonds is 16. The van der Waals surface area contributed by atoms with Crippen molar-refractivity contribution in [2.24, 2.45) is 21.5 Å². The van der Waals surface area contributed by atoms with E-state index in [4.69, 9.17) is 30.9 Å². The van der Waals surface area contributed by atoms with Crippen LogP contribution in [0.15, 0.2) is 70.9 Å². The third-order valence-corrected chi connectivity index (χ3v) is 10.1. The number of hydrogen-bond acceptors (Lipinski definition) is 13. The predicted molar refractivity (Wildman–Crippen MR) is 248 cm³/mol. The number of ether oxygens (including phenoxy) is 2. The van der Waals surface area contributed by atoms with Gasteiger partial charge in [-0.05, 0) is 91.3 Å². The summed E-state index contributed by atoms with van der Waals surface area (Å²) in [7, 11) is 1.64. The number of amidine groups is 1. The molecule has 5 heterocycles. The Labute approximate surface area is 376 Å². The monoisotopic (exact) mass is 888 g/mol. The molecule has 4 aromatic heterocycles. The lowest BCUT2D eigenvalue weighted by Crippen LogP contribution is -2.35. The van der Waals surface area contributed by atoms with Crippen LogP contribution in [0, 0.1) is 13.8 Å². The minimum atomic E-state index is -0.698. The molecule has 0 fully saturated rings. The highest BCUT2D eigenvalue weighted by Crippen LogP contribution is 2.32. The van der Waals surface area contributed by atoms with Crippen LogP contribution in [0.3, 0.4) is 0 Å². The van der Waals surface area contributed by atoms with Crippen LogP contribution in [0.2, 0.25) is 0 Å². The second-order valence-electron chi connectivity index (χ2n) is 16.3. The number of aliphatic imine (C=N–C) groups is 2. The molecule has 20 heteroatoms. The third-order valence-electron chi connectivity index (χ3n) is 10.1. The molecule has 0 atom stereocenters. The van der Waals surface area contributed by atoms with Crippen molar-refractivity contribution in [1.29, 1.82) is 0 Å². The summed E-state index contributed by atoms with van der Waals surface area (Å²) in [5.74, 6) is -0.612. The molecule has 0 saturated heterocycles. The maximum absolute atomic E-state index is 13.9. The van der Waals surface area contributed by atoms with Crippen LogP contribution in [-0.4, -0.2) is 107 Å². The van der Waals surface area contributed by atoms with Crippen molar-refractivity contribution in [1.82, 2.24) is 39.0 Å². The number of carbonyl (C=O) groups excluding carboxylic acids is 4. The van der Waals surface area contributed by atoms with Gasteiger partial charge in [0.2, 0.25) is 11.9 Å². The van der Waals surface area contributed by atoms with E-state index in [1.807, 2.05) is 48.6 Å². The summed E-state index contributed by atoms with van der Waals surface area (Å²) >= 11 is 0. The maximum Gasteiger partial charge on any atom is 0.410 e. The van der Waals surface area contributed by atoms with Gasteiger partial charge in [-0.1, -0.05) is 18.7 Å². The lowest BCUT2D eigenvalue weighted by atomic mass is 10.1. The van der Waals surface area contributed by atoms with Crippen LogP contribution >= 0.6 is 0 Å². The standard InChI is InChI=1S/C45H56N14O6/c1-10-58-35(23-27(3)53-58)41-48-18-17-31-34(16-15-32(50-31)40(47)61)56(29(5)49-41)20-12-13-21-57-38-33(51-43(57)52-42(62)36-24-28(4)54-59(36)11-2)25-30(39(46)60)26-37(38)64-22-14-19-55(9)44(63)65-45(6,7)8/h12-13,15-16,18,23-26H,5,10-11,14,17,19-22H2,1-4,6-9H3,(H2,46,60)(H2,47,61)(H,51,52,62)/b13-12+,48-18?,49-41-. The Morgan fingerprint density at radius 2 is 1.65 bits per heavy atom. The maximum atomic E-state index is 13.9. The zero-order valence-electron chi connectivity index (χ0n) is 38.1. The summed E-state index contributed by atoms with van der Waals surface area (Å²) in [6.07, 6.45) is 5.66. The van der Waals surface area contributed by atoms with Crippen molar-refractivity contribution in [3.63, 3.8) is 0 Å². The van der Waals surface area contributed by atoms with Crippen LogP contribution in [0.25, 0.3) is 11.0 Å². The zero-order chi connectivity index (χ0) is 47.2. The number of pyridine rings is 1. The van der Waals surface area contributed by atoms with Crippen LogP contribution < -0.4 is 26.4 Å². The van der Waals surface area contributed by atoms with Gasteiger partial charge in [0.25, 0.3) is 11.8 Å². The van der Waals surface area contributed by atoms with E-state index in [-0.39, 0.29) is 49.1 Å².